The molecule has 0 aliphatic heterocycles. The molecule has 0 atom stereocenters. The van der Waals surface area contributed by atoms with Gasteiger partial charge in [0.05, 0.1) is 5.69 Å². The lowest BCUT2D eigenvalue weighted by atomic mass is 10.1. The van der Waals surface area contributed by atoms with Crippen LogP contribution in [0.2, 0.25) is 0 Å². The van der Waals surface area contributed by atoms with E-state index in [2.05, 4.69) is 37.1 Å². The van der Waals surface area contributed by atoms with Crippen LogP contribution in [0.25, 0.3) is 5.69 Å². The van der Waals surface area contributed by atoms with Crippen molar-refractivity contribution in [3.8, 4) is 5.69 Å². The van der Waals surface area contributed by atoms with E-state index < -0.39 is 0 Å². The Labute approximate surface area is 91.6 Å². The van der Waals surface area contributed by atoms with Crippen LogP contribution in [-0.2, 0) is 0 Å². The number of hydrogen-bond donors (Lipinski definition) is 0. The summed E-state index contributed by atoms with van der Waals surface area (Å²) in [6.45, 7) is 8.23. The summed E-state index contributed by atoms with van der Waals surface area (Å²) in [5.41, 5.74) is 3.74. The maximum absolute atomic E-state index is 4.21. The highest BCUT2D eigenvalue weighted by Crippen LogP contribution is 2.15. The summed E-state index contributed by atoms with van der Waals surface area (Å²) in [4.78, 5) is 0. The highest BCUT2D eigenvalue weighted by atomic mass is 15.3. The molecule has 1 heterocycles. The first-order chi connectivity index (χ1) is 7.29. The topological polar surface area (TPSA) is 17.8 Å². The molecule has 1 aromatic carbocycles. The molecule has 2 aromatic rings. The molecule has 0 aliphatic rings. The Kier molecular flexibility index (Phi) is 4.10. The minimum absolute atomic E-state index is 1.16. The fraction of sp³-hybridized carbons (Fsp3) is 0.308. The lowest BCUT2D eigenvalue weighted by Gasteiger charge is -2.07. The van der Waals surface area contributed by atoms with E-state index in [1.807, 2.05) is 30.8 Å². The summed E-state index contributed by atoms with van der Waals surface area (Å²) < 4.78 is 1.89. The fourth-order valence-corrected chi connectivity index (χ4v) is 1.40. The van der Waals surface area contributed by atoms with Gasteiger partial charge >= 0.3 is 0 Å². The standard InChI is InChI=1S/C11H12N2.C2H6/c1-9-5-3-6-11(10(9)2)13-8-4-7-12-13;1-2/h3-8H,1-2H3;1-2H3. The minimum atomic E-state index is 1.16. The molecule has 0 N–H and O–H groups in total. The van der Waals surface area contributed by atoms with E-state index in [1.165, 1.54) is 11.1 Å². The van der Waals surface area contributed by atoms with Gasteiger partial charge in [-0.2, -0.15) is 5.10 Å². The maximum atomic E-state index is 4.21. The fourth-order valence-electron chi connectivity index (χ4n) is 1.40. The van der Waals surface area contributed by atoms with Gasteiger partial charge in [0.1, 0.15) is 0 Å². The zero-order chi connectivity index (χ0) is 11.3. The van der Waals surface area contributed by atoms with Gasteiger partial charge in [0.2, 0.25) is 0 Å². The van der Waals surface area contributed by atoms with Crippen LogP contribution in [0.15, 0.2) is 36.7 Å². The Morgan fingerprint density at radius 1 is 1.07 bits per heavy atom. The molecule has 0 radical (unpaired) electrons. The van der Waals surface area contributed by atoms with E-state index in [9.17, 15) is 0 Å². The van der Waals surface area contributed by atoms with Crippen LogP contribution in [0, 0.1) is 13.8 Å². The average Bonchev–Trinajstić information content (AvgIpc) is 2.78. The Morgan fingerprint density at radius 2 is 1.80 bits per heavy atom. The van der Waals surface area contributed by atoms with Gasteiger partial charge in [0.25, 0.3) is 0 Å². The van der Waals surface area contributed by atoms with Crippen LogP contribution in [0.5, 0.6) is 0 Å². The summed E-state index contributed by atoms with van der Waals surface area (Å²) in [6.07, 6.45) is 3.75. The van der Waals surface area contributed by atoms with Crippen LogP contribution < -0.4 is 0 Å². The van der Waals surface area contributed by atoms with Gasteiger partial charge in [-0.05, 0) is 37.1 Å². The molecule has 0 aliphatic carbocycles. The van der Waals surface area contributed by atoms with Crippen molar-refractivity contribution >= 4 is 0 Å². The van der Waals surface area contributed by atoms with E-state index in [-0.39, 0.29) is 0 Å². The summed E-state index contributed by atoms with van der Waals surface area (Å²) in [5.74, 6) is 0. The molecule has 0 saturated carbocycles. The lowest BCUT2D eigenvalue weighted by molar-refractivity contribution is 0.870. The highest BCUT2D eigenvalue weighted by Gasteiger charge is 2.01. The van der Waals surface area contributed by atoms with E-state index in [0.717, 1.165) is 5.69 Å². The first kappa shape index (κ1) is 11.5. The summed E-state index contributed by atoms with van der Waals surface area (Å²) >= 11 is 0. The molecular weight excluding hydrogens is 184 g/mol. The van der Waals surface area contributed by atoms with Crippen molar-refractivity contribution in [3.05, 3.63) is 47.8 Å². The number of aryl methyl sites for hydroxylation is 1. The number of benzene rings is 1. The van der Waals surface area contributed by atoms with E-state index in [4.69, 9.17) is 0 Å². The van der Waals surface area contributed by atoms with Crippen LogP contribution in [0.3, 0.4) is 0 Å². The smallest absolute Gasteiger partial charge is 0.0677 e. The minimum Gasteiger partial charge on any atom is -0.241 e. The highest BCUT2D eigenvalue weighted by molar-refractivity contribution is 5.43. The van der Waals surface area contributed by atoms with Crippen molar-refractivity contribution in [2.45, 2.75) is 27.7 Å². The third-order valence-corrected chi connectivity index (χ3v) is 2.33. The number of aromatic nitrogens is 2. The van der Waals surface area contributed by atoms with Gasteiger partial charge < -0.3 is 0 Å². The van der Waals surface area contributed by atoms with E-state index >= 15 is 0 Å². The van der Waals surface area contributed by atoms with Gasteiger partial charge in [-0.1, -0.05) is 26.0 Å². The molecule has 0 spiro atoms. The summed E-state index contributed by atoms with van der Waals surface area (Å²) in [6, 6.07) is 8.18. The Bertz CT molecular complexity index is 402. The lowest BCUT2D eigenvalue weighted by Crippen LogP contribution is -1.98. The quantitative estimate of drug-likeness (QED) is 0.692. The van der Waals surface area contributed by atoms with Crippen LogP contribution in [0.1, 0.15) is 25.0 Å². The van der Waals surface area contributed by atoms with Crippen molar-refractivity contribution in [1.82, 2.24) is 9.78 Å². The molecule has 2 heteroatoms. The Hall–Kier alpha value is -1.57. The molecule has 15 heavy (non-hydrogen) atoms. The number of rotatable bonds is 1. The van der Waals surface area contributed by atoms with Crippen LogP contribution in [-0.4, -0.2) is 9.78 Å². The molecular formula is C13H18N2. The molecule has 0 bridgehead atoms. The van der Waals surface area contributed by atoms with Crippen molar-refractivity contribution < 1.29 is 0 Å². The molecule has 0 amide bonds. The Morgan fingerprint density at radius 3 is 2.40 bits per heavy atom. The van der Waals surface area contributed by atoms with Crippen molar-refractivity contribution in [2.75, 3.05) is 0 Å². The second kappa shape index (κ2) is 5.35. The molecule has 0 unspecified atom stereocenters. The summed E-state index contributed by atoms with van der Waals surface area (Å²) in [7, 11) is 0. The van der Waals surface area contributed by atoms with Gasteiger partial charge in [-0.3, -0.25) is 0 Å². The predicted octanol–water partition coefficient (Wildman–Crippen LogP) is 3.52. The van der Waals surface area contributed by atoms with Gasteiger partial charge in [0.15, 0.2) is 0 Å². The second-order valence-corrected chi connectivity index (χ2v) is 3.17. The van der Waals surface area contributed by atoms with Crippen molar-refractivity contribution in [2.24, 2.45) is 0 Å². The second-order valence-electron chi connectivity index (χ2n) is 3.17. The van der Waals surface area contributed by atoms with Crippen molar-refractivity contribution in [3.63, 3.8) is 0 Å². The van der Waals surface area contributed by atoms with Gasteiger partial charge in [-0.15, -0.1) is 0 Å². The zero-order valence-corrected chi connectivity index (χ0v) is 9.86. The maximum Gasteiger partial charge on any atom is 0.0677 e. The van der Waals surface area contributed by atoms with Crippen molar-refractivity contribution in [1.29, 1.82) is 0 Å². The van der Waals surface area contributed by atoms with Gasteiger partial charge in [-0.25, -0.2) is 4.68 Å². The predicted molar refractivity (Wildman–Crippen MR) is 64.4 cm³/mol. The zero-order valence-electron chi connectivity index (χ0n) is 9.86. The molecule has 0 fully saturated rings. The molecule has 80 valence electrons. The normalized spacial score (nSPS) is 9.33. The first-order valence-electron chi connectivity index (χ1n) is 5.35. The number of hydrogen-bond acceptors (Lipinski definition) is 1. The summed E-state index contributed by atoms with van der Waals surface area (Å²) in [5, 5.41) is 4.21. The molecule has 1 aromatic heterocycles. The monoisotopic (exact) mass is 202 g/mol. The Balaban J connectivity index is 0.000000531. The van der Waals surface area contributed by atoms with Crippen LogP contribution >= 0.6 is 0 Å². The van der Waals surface area contributed by atoms with E-state index in [1.54, 1.807) is 6.20 Å². The van der Waals surface area contributed by atoms with E-state index in [0.29, 0.717) is 0 Å². The van der Waals surface area contributed by atoms with Crippen LogP contribution in [0.4, 0.5) is 0 Å². The number of nitrogens with zero attached hydrogens (tertiary/aromatic N) is 2. The average molecular weight is 202 g/mol. The third-order valence-electron chi connectivity index (χ3n) is 2.33. The first-order valence-corrected chi connectivity index (χ1v) is 5.35. The SMILES string of the molecule is CC.Cc1cccc(-n2cccn2)c1C. The third kappa shape index (κ3) is 2.46. The molecule has 0 saturated heterocycles. The molecule has 2 rings (SSSR count). The molecule has 2 nitrogen and oxygen atoms in total. The van der Waals surface area contributed by atoms with Gasteiger partial charge in [0, 0.05) is 12.4 Å². The largest absolute Gasteiger partial charge is 0.241 e.